The first kappa shape index (κ1) is 15.8. The minimum absolute atomic E-state index is 0.534. The van der Waals surface area contributed by atoms with Crippen molar-refractivity contribution in [2.75, 3.05) is 22.5 Å². The minimum Gasteiger partial charge on any atom is -0.393 e. The minimum atomic E-state index is 0.534. The second kappa shape index (κ2) is 7.00. The van der Waals surface area contributed by atoms with Gasteiger partial charge in [0.1, 0.15) is 12.0 Å². The Morgan fingerprint density at radius 1 is 1.00 bits per heavy atom. The first-order chi connectivity index (χ1) is 11.7. The zero-order chi connectivity index (χ0) is 16.9. The summed E-state index contributed by atoms with van der Waals surface area (Å²) < 4.78 is 0. The van der Waals surface area contributed by atoms with E-state index in [-0.39, 0.29) is 0 Å². The van der Waals surface area contributed by atoms with Crippen LogP contribution < -0.4 is 16.0 Å². The highest BCUT2D eigenvalue weighted by molar-refractivity contribution is 5.81. The summed E-state index contributed by atoms with van der Waals surface area (Å²) in [5.74, 6) is 1.32. The van der Waals surface area contributed by atoms with Gasteiger partial charge in [-0.1, -0.05) is 36.4 Å². The van der Waals surface area contributed by atoms with Crippen molar-refractivity contribution in [3.8, 4) is 0 Å². The summed E-state index contributed by atoms with van der Waals surface area (Å²) in [5, 5.41) is 3.31. The van der Waals surface area contributed by atoms with Gasteiger partial charge >= 0.3 is 0 Å². The number of hydrogen-bond acceptors (Lipinski definition) is 5. The van der Waals surface area contributed by atoms with Crippen LogP contribution in [0.5, 0.6) is 0 Å². The van der Waals surface area contributed by atoms with E-state index >= 15 is 0 Å². The van der Waals surface area contributed by atoms with Crippen molar-refractivity contribution in [2.24, 2.45) is 0 Å². The molecule has 2 aromatic carbocycles. The molecule has 0 unspecified atom stereocenters. The van der Waals surface area contributed by atoms with E-state index in [0.29, 0.717) is 17.3 Å². The first-order valence-electron chi connectivity index (χ1n) is 7.96. The molecule has 5 heteroatoms. The van der Waals surface area contributed by atoms with Gasteiger partial charge < -0.3 is 16.0 Å². The number of nitrogens with zero attached hydrogens (tertiary/aromatic N) is 3. The number of aryl methyl sites for hydroxylation is 1. The maximum atomic E-state index is 6.37. The highest BCUT2D eigenvalue weighted by Gasteiger charge is 2.15. The normalized spacial score (nSPS) is 10.4. The van der Waals surface area contributed by atoms with Crippen LogP contribution in [0.1, 0.15) is 12.5 Å². The molecule has 1 heterocycles. The second-order valence-corrected chi connectivity index (χ2v) is 5.48. The lowest BCUT2D eigenvalue weighted by molar-refractivity contribution is 0.980. The van der Waals surface area contributed by atoms with E-state index in [0.717, 1.165) is 23.5 Å². The van der Waals surface area contributed by atoms with Crippen LogP contribution in [0, 0.1) is 6.92 Å². The predicted octanol–water partition coefficient (Wildman–Crippen LogP) is 4.27. The monoisotopic (exact) mass is 319 g/mol. The molecule has 0 saturated heterocycles. The fourth-order valence-electron chi connectivity index (χ4n) is 2.60. The van der Waals surface area contributed by atoms with Gasteiger partial charge in [0.25, 0.3) is 0 Å². The Hall–Kier alpha value is -3.08. The molecule has 24 heavy (non-hydrogen) atoms. The van der Waals surface area contributed by atoms with E-state index in [9.17, 15) is 0 Å². The van der Waals surface area contributed by atoms with Crippen molar-refractivity contribution in [3.05, 3.63) is 66.5 Å². The summed E-state index contributed by atoms with van der Waals surface area (Å²) in [6.07, 6.45) is 1.54. The molecule has 0 saturated carbocycles. The molecule has 3 aromatic rings. The van der Waals surface area contributed by atoms with Crippen LogP contribution >= 0.6 is 0 Å². The van der Waals surface area contributed by atoms with Crippen LogP contribution in [-0.2, 0) is 0 Å². The molecule has 5 nitrogen and oxygen atoms in total. The molecule has 0 aliphatic carbocycles. The fraction of sp³-hybridized carbons (Fsp3) is 0.158. The third-order valence-electron chi connectivity index (χ3n) is 3.90. The predicted molar refractivity (Wildman–Crippen MR) is 100 cm³/mol. The average molecular weight is 319 g/mol. The summed E-state index contributed by atoms with van der Waals surface area (Å²) in [4.78, 5) is 10.8. The Balaban J connectivity index is 1.97. The molecule has 0 fully saturated rings. The van der Waals surface area contributed by atoms with Crippen molar-refractivity contribution in [1.82, 2.24) is 9.97 Å². The van der Waals surface area contributed by atoms with Crippen molar-refractivity contribution in [3.63, 3.8) is 0 Å². The molecule has 0 radical (unpaired) electrons. The van der Waals surface area contributed by atoms with E-state index in [1.165, 1.54) is 6.33 Å². The van der Waals surface area contributed by atoms with Crippen molar-refractivity contribution < 1.29 is 0 Å². The number of nitrogens with two attached hydrogens (primary N) is 1. The van der Waals surface area contributed by atoms with Gasteiger partial charge in [-0.15, -0.1) is 0 Å². The van der Waals surface area contributed by atoms with Crippen molar-refractivity contribution in [2.45, 2.75) is 13.8 Å². The number of hydrogen-bond donors (Lipinski definition) is 2. The first-order valence-corrected chi connectivity index (χ1v) is 7.96. The lowest BCUT2D eigenvalue weighted by atomic mass is 10.2. The molecule has 1 aromatic heterocycles. The molecule has 3 N–H and O–H groups in total. The number of para-hydroxylation sites is 2. The molecule has 0 aliphatic heterocycles. The Morgan fingerprint density at radius 2 is 1.71 bits per heavy atom. The van der Waals surface area contributed by atoms with Crippen molar-refractivity contribution >= 4 is 28.7 Å². The summed E-state index contributed by atoms with van der Waals surface area (Å²) >= 11 is 0. The van der Waals surface area contributed by atoms with Crippen LogP contribution in [0.2, 0.25) is 0 Å². The lowest BCUT2D eigenvalue weighted by Crippen LogP contribution is -2.19. The van der Waals surface area contributed by atoms with Crippen LogP contribution in [0.3, 0.4) is 0 Å². The lowest BCUT2D eigenvalue weighted by Gasteiger charge is -2.24. The van der Waals surface area contributed by atoms with E-state index in [4.69, 9.17) is 5.73 Å². The van der Waals surface area contributed by atoms with Crippen LogP contribution in [0.15, 0.2) is 60.9 Å². The quantitative estimate of drug-likeness (QED) is 0.735. The number of benzene rings is 2. The van der Waals surface area contributed by atoms with Crippen molar-refractivity contribution in [1.29, 1.82) is 0 Å². The number of anilines is 5. The molecule has 0 spiro atoms. The van der Waals surface area contributed by atoms with Gasteiger partial charge in [0.15, 0.2) is 11.6 Å². The number of rotatable bonds is 5. The van der Waals surface area contributed by atoms with Gasteiger partial charge in [0, 0.05) is 17.9 Å². The van der Waals surface area contributed by atoms with Gasteiger partial charge in [-0.2, -0.15) is 0 Å². The largest absolute Gasteiger partial charge is 0.393 e. The zero-order valence-corrected chi connectivity index (χ0v) is 13.9. The Bertz CT molecular complexity index is 817. The Morgan fingerprint density at radius 3 is 2.42 bits per heavy atom. The Kier molecular flexibility index (Phi) is 4.61. The number of nitrogens with one attached hydrogen (secondary N) is 1. The van der Waals surface area contributed by atoms with Gasteiger partial charge in [-0.25, -0.2) is 9.97 Å². The third-order valence-corrected chi connectivity index (χ3v) is 3.90. The van der Waals surface area contributed by atoms with Gasteiger partial charge in [0.2, 0.25) is 0 Å². The third kappa shape index (κ3) is 3.15. The van der Waals surface area contributed by atoms with Crippen LogP contribution in [0.4, 0.5) is 28.7 Å². The summed E-state index contributed by atoms with van der Waals surface area (Å²) in [5.41, 5.74) is 10.1. The van der Waals surface area contributed by atoms with Gasteiger partial charge in [0.05, 0.1) is 0 Å². The maximum absolute atomic E-state index is 6.37. The standard InChI is InChI=1S/C19H21N5/c1-3-24(15-10-5-4-6-11-15)19-17(20)18(21-13-22-19)23-16-12-8-7-9-14(16)2/h4-13H,3,20H2,1-2H3,(H,21,22,23). The molecule has 0 amide bonds. The number of nitrogen functional groups attached to an aromatic ring is 1. The van der Waals surface area contributed by atoms with Gasteiger partial charge in [-0.05, 0) is 37.6 Å². The van der Waals surface area contributed by atoms with Crippen LogP contribution in [-0.4, -0.2) is 16.5 Å². The topological polar surface area (TPSA) is 67.1 Å². The molecular formula is C19H21N5. The summed E-state index contributed by atoms with van der Waals surface area (Å²) in [6.45, 7) is 4.88. The summed E-state index contributed by atoms with van der Waals surface area (Å²) in [7, 11) is 0. The van der Waals surface area contributed by atoms with E-state index in [1.54, 1.807) is 0 Å². The average Bonchev–Trinajstić information content (AvgIpc) is 2.61. The van der Waals surface area contributed by atoms with E-state index in [1.807, 2.05) is 61.5 Å². The van der Waals surface area contributed by atoms with Gasteiger partial charge in [-0.3, -0.25) is 0 Å². The molecule has 3 rings (SSSR count). The molecule has 0 atom stereocenters. The van der Waals surface area contributed by atoms with E-state index in [2.05, 4.69) is 27.1 Å². The zero-order valence-electron chi connectivity index (χ0n) is 13.9. The Labute approximate surface area is 142 Å². The fourth-order valence-corrected chi connectivity index (χ4v) is 2.60. The van der Waals surface area contributed by atoms with Crippen LogP contribution in [0.25, 0.3) is 0 Å². The highest BCUT2D eigenvalue weighted by Crippen LogP contribution is 2.33. The second-order valence-electron chi connectivity index (χ2n) is 5.48. The molecular weight excluding hydrogens is 298 g/mol. The SMILES string of the molecule is CCN(c1ccccc1)c1ncnc(Nc2ccccc2C)c1N. The molecule has 0 bridgehead atoms. The number of aromatic nitrogens is 2. The maximum Gasteiger partial charge on any atom is 0.161 e. The van der Waals surface area contributed by atoms with E-state index < -0.39 is 0 Å². The molecule has 122 valence electrons. The highest BCUT2D eigenvalue weighted by atomic mass is 15.2. The molecule has 0 aliphatic rings. The smallest absolute Gasteiger partial charge is 0.161 e. The summed E-state index contributed by atoms with van der Waals surface area (Å²) in [6, 6.07) is 18.1.